The van der Waals surface area contributed by atoms with Gasteiger partial charge >= 0.3 is 0 Å². The lowest BCUT2D eigenvalue weighted by Gasteiger charge is -2.18. The second-order valence-electron chi connectivity index (χ2n) is 17.2. The van der Waals surface area contributed by atoms with Crippen LogP contribution in [0.25, 0.3) is 127 Å². The van der Waals surface area contributed by atoms with E-state index in [2.05, 4.69) is 223 Å². The van der Waals surface area contributed by atoms with Crippen molar-refractivity contribution in [3.05, 3.63) is 243 Å². The highest BCUT2D eigenvalue weighted by Gasteiger charge is 2.23. The zero-order valence-corrected chi connectivity index (χ0v) is 36.4. The maximum absolute atomic E-state index is 5.45. The van der Waals surface area contributed by atoms with Crippen LogP contribution in [0.4, 0.5) is 0 Å². The predicted molar refractivity (Wildman–Crippen MR) is 279 cm³/mol. The quantitative estimate of drug-likeness (QED) is 0.150. The molecule has 0 unspecified atom stereocenters. The number of hydrogen-bond donors (Lipinski definition) is 0. The zero-order chi connectivity index (χ0) is 44.3. The maximum Gasteiger partial charge on any atom is 0.166 e. The first-order valence-electron chi connectivity index (χ1n) is 22.8. The zero-order valence-electron chi connectivity index (χ0n) is 36.4. The molecule has 0 saturated heterocycles. The minimum atomic E-state index is 0.599. The van der Waals surface area contributed by atoms with Gasteiger partial charge in [-0.15, -0.1) is 0 Å². The molecule has 0 saturated carbocycles. The molecule has 2 aromatic heterocycles. The fourth-order valence-corrected chi connectivity index (χ4v) is 9.99. The summed E-state index contributed by atoms with van der Waals surface area (Å²) in [5.41, 5.74) is 12.9. The van der Waals surface area contributed by atoms with E-state index in [1.807, 2.05) is 24.3 Å². The Bertz CT molecular complexity index is 3900. The van der Waals surface area contributed by atoms with Crippen LogP contribution in [0.5, 0.6) is 0 Å². The number of rotatable bonds is 7. The molecule has 4 heteroatoms. The average molecular weight is 853 g/mol. The summed E-state index contributed by atoms with van der Waals surface area (Å²) in [4.78, 5) is 16.1. The first-order chi connectivity index (χ1) is 33.2. The normalized spacial score (nSPS) is 11.6. The molecule has 312 valence electrons. The van der Waals surface area contributed by atoms with Crippen molar-refractivity contribution in [3.8, 4) is 73.2 Å². The van der Waals surface area contributed by atoms with Crippen molar-refractivity contribution in [1.29, 1.82) is 0 Å². The topological polar surface area (TPSA) is 43.6 Å². The molecule has 0 bridgehead atoms. The van der Waals surface area contributed by atoms with Crippen LogP contribution in [-0.2, 0) is 0 Å². The molecule has 0 fully saturated rings. The molecule has 0 N–H and O–H groups in total. The molecule has 0 atom stereocenters. The smallest absolute Gasteiger partial charge is 0.166 e. The van der Waals surface area contributed by atoms with Crippen LogP contribution in [0.1, 0.15) is 0 Å². The molecule has 0 amide bonds. The number of aromatic nitrogens is 4. The third-order valence-electron chi connectivity index (χ3n) is 13.2. The molecule has 4 nitrogen and oxygen atoms in total. The van der Waals surface area contributed by atoms with E-state index in [1.165, 1.54) is 60.0 Å². The molecule has 13 rings (SSSR count). The van der Waals surface area contributed by atoms with Crippen molar-refractivity contribution in [2.24, 2.45) is 0 Å². The Hall–Kier alpha value is -8.99. The number of nitrogens with zero attached hydrogens (tertiary/aromatic N) is 4. The number of hydrogen-bond acceptors (Lipinski definition) is 3. The first kappa shape index (κ1) is 38.5. The van der Waals surface area contributed by atoms with Crippen LogP contribution in [0.3, 0.4) is 0 Å². The van der Waals surface area contributed by atoms with Crippen LogP contribution in [-0.4, -0.2) is 19.5 Å². The second kappa shape index (κ2) is 15.9. The molecule has 0 spiro atoms. The van der Waals surface area contributed by atoms with E-state index < -0.39 is 0 Å². The maximum atomic E-state index is 5.45. The van der Waals surface area contributed by atoms with Gasteiger partial charge in [-0.05, 0) is 102 Å². The summed E-state index contributed by atoms with van der Waals surface area (Å²) in [6.45, 7) is 0. The summed E-state index contributed by atoms with van der Waals surface area (Å²) in [6.07, 6.45) is 0. The molecule has 11 aromatic carbocycles. The van der Waals surface area contributed by atoms with Gasteiger partial charge in [0.15, 0.2) is 17.5 Å². The Balaban J connectivity index is 1.14. The van der Waals surface area contributed by atoms with Gasteiger partial charge in [0.1, 0.15) is 0 Å². The van der Waals surface area contributed by atoms with Crippen LogP contribution < -0.4 is 0 Å². The molecule has 13 aromatic rings. The van der Waals surface area contributed by atoms with Gasteiger partial charge in [-0.2, -0.15) is 0 Å². The minimum absolute atomic E-state index is 0.599. The highest BCUT2D eigenvalue weighted by Crippen LogP contribution is 2.44. The van der Waals surface area contributed by atoms with E-state index in [9.17, 15) is 0 Å². The van der Waals surface area contributed by atoms with Crippen LogP contribution in [0.2, 0.25) is 0 Å². The lowest BCUT2D eigenvalue weighted by atomic mass is 9.92. The fraction of sp³-hybridized carbons (Fsp3) is 0. The lowest BCUT2D eigenvalue weighted by Crippen LogP contribution is -2.04. The van der Waals surface area contributed by atoms with Crippen molar-refractivity contribution in [2.45, 2.75) is 0 Å². The SMILES string of the molecule is c1ccc(-c2ccc(-c3nc(-c4ccccc4)nc(-c4cc5c6ccccc6c6ccccc6c5cc4-n4c5ccc(-c6ccccc6)cc5c5cc(-c6ccccc6)ccc54)n3)cc2)cc1. The number of fused-ring (bicyclic) bond motifs is 9. The van der Waals surface area contributed by atoms with Gasteiger partial charge in [0.2, 0.25) is 0 Å². The first-order valence-corrected chi connectivity index (χ1v) is 22.8. The summed E-state index contributed by atoms with van der Waals surface area (Å²) >= 11 is 0. The molecule has 0 aliphatic rings. The molecular formula is C63H40N4. The Morgan fingerprint density at radius 1 is 0.224 bits per heavy atom. The second-order valence-corrected chi connectivity index (χ2v) is 17.2. The molecule has 0 aliphatic carbocycles. The third-order valence-corrected chi connectivity index (χ3v) is 13.2. The van der Waals surface area contributed by atoms with E-state index in [-0.39, 0.29) is 0 Å². The summed E-state index contributed by atoms with van der Waals surface area (Å²) in [5, 5.41) is 9.46. The molecule has 2 heterocycles. The molecule has 0 aliphatic heterocycles. The van der Waals surface area contributed by atoms with Gasteiger partial charge in [-0.3, -0.25) is 0 Å². The number of benzene rings is 11. The van der Waals surface area contributed by atoms with Gasteiger partial charge in [0, 0.05) is 27.5 Å². The summed E-state index contributed by atoms with van der Waals surface area (Å²) < 4.78 is 2.44. The molecular weight excluding hydrogens is 813 g/mol. The fourth-order valence-electron chi connectivity index (χ4n) is 9.99. The van der Waals surface area contributed by atoms with Gasteiger partial charge < -0.3 is 4.57 Å². The van der Waals surface area contributed by atoms with Crippen LogP contribution >= 0.6 is 0 Å². The van der Waals surface area contributed by atoms with Gasteiger partial charge in [-0.1, -0.05) is 206 Å². The summed E-state index contributed by atoms with van der Waals surface area (Å²) in [6, 6.07) is 86.6. The molecule has 67 heavy (non-hydrogen) atoms. The lowest BCUT2D eigenvalue weighted by molar-refractivity contribution is 1.07. The van der Waals surface area contributed by atoms with Crippen molar-refractivity contribution >= 4 is 54.1 Å². The van der Waals surface area contributed by atoms with Gasteiger partial charge in [0.25, 0.3) is 0 Å². The Labute approximate surface area is 387 Å². The largest absolute Gasteiger partial charge is 0.308 e. The standard InChI is InChI=1S/C63H40N4/c1-5-17-41(18-6-1)44-29-31-46(32-30-44)62-64-61(45-23-11-4-12-24-45)65-63(66-62)57-39-53-51-27-15-13-25-49(51)50-26-14-16-28-52(50)54(53)40-60(57)67-58-35-33-47(42-19-7-2-8-20-42)37-55(58)56-38-48(34-36-59(56)67)43-21-9-3-10-22-43/h1-40H. The van der Waals surface area contributed by atoms with Crippen molar-refractivity contribution in [3.63, 3.8) is 0 Å². The third kappa shape index (κ3) is 6.65. The van der Waals surface area contributed by atoms with E-state index in [0.29, 0.717) is 17.5 Å². The van der Waals surface area contributed by atoms with Crippen LogP contribution in [0.15, 0.2) is 243 Å². The Kier molecular flexibility index (Phi) is 9.14. The minimum Gasteiger partial charge on any atom is -0.308 e. The van der Waals surface area contributed by atoms with Gasteiger partial charge in [0.05, 0.1) is 16.7 Å². The summed E-state index contributed by atoms with van der Waals surface area (Å²) in [7, 11) is 0. The van der Waals surface area contributed by atoms with Crippen LogP contribution in [0, 0.1) is 0 Å². The van der Waals surface area contributed by atoms with Crippen molar-refractivity contribution in [2.75, 3.05) is 0 Å². The van der Waals surface area contributed by atoms with E-state index in [0.717, 1.165) is 49.9 Å². The van der Waals surface area contributed by atoms with Crippen molar-refractivity contribution < 1.29 is 0 Å². The van der Waals surface area contributed by atoms with E-state index in [4.69, 9.17) is 15.0 Å². The highest BCUT2D eigenvalue weighted by molar-refractivity contribution is 6.26. The van der Waals surface area contributed by atoms with Gasteiger partial charge in [-0.25, -0.2) is 15.0 Å². The predicted octanol–water partition coefficient (Wildman–Crippen LogP) is 16.4. The highest BCUT2D eigenvalue weighted by atomic mass is 15.1. The molecule has 0 radical (unpaired) electrons. The summed E-state index contributed by atoms with van der Waals surface area (Å²) in [5.74, 6) is 1.83. The van der Waals surface area contributed by atoms with Crippen molar-refractivity contribution in [1.82, 2.24) is 19.5 Å². The monoisotopic (exact) mass is 852 g/mol. The Morgan fingerprint density at radius 2 is 0.552 bits per heavy atom. The van der Waals surface area contributed by atoms with E-state index >= 15 is 0 Å². The van der Waals surface area contributed by atoms with E-state index in [1.54, 1.807) is 0 Å². The average Bonchev–Trinajstić information content (AvgIpc) is 3.74. The Morgan fingerprint density at radius 3 is 1.03 bits per heavy atom.